The second-order valence-corrected chi connectivity index (χ2v) is 6.54. The summed E-state index contributed by atoms with van der Waals surface area (Å²) in [6, 6.07) is 5.11. The molecule has 2 aromatic carbocycles. The van der Waals surface area contributed by atoms with E-state index >= 15 is 0 Å². The normalized spacial score (nSPS) is 10.7. The summed E-state index contributed by atoms with van der Waals surface area (Å²) >= 11 is 1.41. The van der Waals surface area contributed by atoms with Gasteiger partial charge in [0.05, 0.1) is 11.4 Å². The van der Waals surface area contributed by atoms with Gasteiger partial charge in [-0.05, 0) is 62.1 Å². The van der Waals surface area contributed by atoms with Crippen LogP contribution in [0.4, 0.5) is 14.5 Å². The molecule has 0 bridgehead atoms. The number of anilines is 1. The van der Waals surface area contributed by atoms with Crippen LogP contribution in [0.2, 0.25) is 0 Å². The fourth-order valence-corrected chi connectivity index (χ4v) is 3.42. The number of amides is 1. The quantitative estimate of drug-likeness (QED) is 0.803. The van der Waals surface area contributed by atoms with E-state index in [9.17, 15) is 13.6 Å². The molecular formula is C18H19F2NOS. The summed E-state index contributed by atoms with van der Waals surface area (Å²) in [5, 5.41) is 2.41. The van der Waals surface area contributed by atoms with Gasteiger partial charge >= 0.3 is 0 Å². The van der Waals surface area contributed by atoms with Gasteiger partial charge in [0, 0.05) is 11.0 Å². The van der Waals surface area contributed by atoms with Gasteiger partial charge in [-0.15, -0.1) is 11.8 Å². The molecule has 0 heterocycles. The number of carbonyl (C=O) groups excluding carboxylic acids is 1. The maximum absolute atomic E-state index is 13.5. The van der Waals surface area contributed by atoms with E-state index in [2.05, 4.69) is 11.4 Å². The molecule has 0 saturated heterocycles. The van der Waals surface area contributed by atoms with Crippen LogP contribution in [-0.2, 0) is 4.79 Å². The molecule has 0 atom stereocenters. The van der Waals surface area contributed by atoms with Gasteiger partial charge in [0.15, 0.2) is 0 Å². The number of benzene rings is 2. The Balaban J connectivity index is 2.10. The summed E-state index contributed by atoms with van der Waals surface area (Å²) in [4.78, 5) is 13.1. The van der Waals surface area contributed by atoms with Crippen LogP contribution < -0.4 is 5.32 Å². The van der Waals surface area contributed by atoms with Crippen LogP contribution in [0.25, 0.3) is 0 Å². The van der Waals surface area contributed by atoms with E-state index in [-0.39, 0.29) is 17.3 Å². The third-order valence-corrected chi connectivity index (χ3v) is 5.15. The average Bonchev–Trinajstić information content (AvgIpc) is 2.49. The summed E-state index contributed by atoms with van der Waals surface area (Å²) in [7, 11) is 0. The first kappa shape index (κ1) is 17.5. The number of halogens is 2. The Morgan fingerprint density at radius 1 is 1.04 bits per heavy atom. The van der Waals surface area contributed by atoms with Gasteiger partial charge in [0.25, 0.3) is 0 Å². The van der Waals surface area contributed by atoms with Crippen molar-refractivity contribution in [2.24, 2.45) is 0 Å². The monoisotopic (exact) mass is 335 g/mol. The van der Waals surface area contributed by atoms with Crippen molar-refractivity contribution in [3.05, 3.63) is 58.2 Å². The second-order valence-electron chi connectivity index (χ2n) is 5.55. The third-order valence-electron chi connectivity index (χ3n) is 3.85. The fourth-order valence-electron chi connectivity index (χ4n) is 2.31. The molecule has 122 valence electrons. The number of hydrogen-bond acceptors (Lipinski definition) is 2. The minimum Gasteiger partial charge on any atom is -0.323 e. The van der Waals surface area contributed by atoms with Crippen molar-refractivity contribution in [3.8, 4) is 0 Å². The third kappa shape index (κ3) is 4.10. The predicted octanol–water partition coefficient (Wildman–Crippen LogP) is 4.93. The minimum absolute atomic E-state index is 0.135. The number of aryl methyl sites for hydroxylation is 2. The minimum atomic E-state index is -0.650. The zero-order valence-electron chi connectivity index (χ0n) is 13.6. The standard InChI is InChI=1S/C18H19F2NOS/c1-10-7-11(2)13(4)18(12(10)3)23-9-17(22)21-16-8-14(19)5-6-15(16)20/h5-8H,9H2,1-4H3,(H,21,22). The number of thioether (sulfide) groups is 1. The van der Waals surface area contributed by atoms with E-state index in [4.69, 9.17) is 0 Å². The number of carbonyl (C=O) groups is 1. The van der Waals surface area contributed by atoms with E-state index in [1.807, 2.05) is 27.7 Å². The molecule has 0 aromatic heterocycles. The van der Waals surface area contributed by atoms with E-state index in [1.165, 1.54) is 22.9 Å². The first-order valence-electron chi connectivity index (χ1n) is 7.24. The van der Waals surface area contributed by atoms with Crippen LogP contribution in [0.1, 0.15) is 22.3 Å². The Kier molecular flexibility index (Phi) is 5.42. The molecule has 0 aliphatic rings. The maximum Gasteiger partial charge on any atom is 0.234 e. The molecule has 0 fully saturated rings. The maximum atomic E-state index is 13.5. The topological polar surface area (TPSA) is 29.1 Å². The SMILES string of the molecule is Cc1cc(C)c(C)c(SCC(=O)Nc2cc(F)ccc2F)c1C. The Bertz CT molecular complexity index is 733. The van der Waals surface area contributed by atoms with Crippen LogP contribution in [-0.4, -0.2) is 11.7 Å². The van der Waals surface area contributed by atoms with Crippen LogP contribution >= 0.6 is 11.8 Å². The molecule has 0 radical (unpaired) electrons. The largest absolute Gasteiger partial charge is 0.323 e. The van der Waals surface area contributed by atoms with Gasteiger partial charge in [0.1, 0.15) is 11.6 Å². The van der Waals surface area contributed by atoms with E-state index < -0.39 is 11.6 Å². The first-order chi connectivity index (χ1) is 10.8. The Hall–Kier alpha value is -1.88. The van der Waals surface area contributed by atoms with Crippen molar-refractivity contribution >= 4 is 23.4 Å². The first-order valence-corrected chi connectivity index (χ1v) is 8.23. The highest BCUT2D eigenvalue weighted by atomic mass is 32.2. The van der Waals surface area contributed by atoms with E-state index in [1.54, 1.807) is 0 Å². The highest BCUT2D eigenvalue weighted by Gasteiger charge is 2.13. The average molecular weight is 335 g/mol. The number of rotatable bonds is 4. The summed E-state index contributed by atoms with van der Waals surface area (Å²) in [5.41, 5.74) is 4.49. The smallest absolute Gasteiger partial charge is 0.234 e. The van der Waals surface area contributed by atoms with Crippen LogP contribution in [0.5, 0.6) is 0 Å². The molecular weight excluding hydrogens is 316 g/mol. The molecule has 0 saturated carbocycles. The van der Waals surface area contributed by atoms with Crippen LogP contribution in [0.3, 0.4) is 0 Å². The summed E-state index contributed by atoms with van der Waals surface area (Å²) in [5.74, 6) is -1.46. The number of hydrogen-bond donors (Lipinski definition) is 1. The Labute approximate surface area is 139 Å². The molecule has 1 N–H and O–H groups in total. The molecule has 2 rings (SSSR count). The molecule has 2 aromatic rings. The van der Waals surface area contributed by atoms with Crippen molar-refractivity contribution in [2.75, 3.05) is 11.1 Å². The van der Waals surface area contributed by atoms with Crippen molar-refractivity contribution in [1.29, 1.82) is 0 Å². The Morgan fingerprint density at radius 2 is 1.65 bits per heavy atom. The van der Waals surface area contributed by atoms with Gasteiger partial charge in [0.2, 0.25) is 5.91 Å². The molecule has 23 heavy (non-hydrogen) atoms. The lowest BCUT2D eigenvalue weighted by atomic mass is 10.0. The lowest BCUT2D eigenvalue weighted by molar-refractivity contribution is -0.113. The van der Waals surface area contributed by atoms with Gasteiger partial charge in [-0.3, -0.25) is 4.79 Å². The van der Waals surface area contributed by atoms with Gasteiger partial charge in [-0.25, -0.2) is 8.78 Å². The number of nitrogens with one attached hydrogen (secondary N) is 1. The van der Waals surface area contributed by atoms with Gasteiger partial charge < -0.3 is 5.32 Å². The molecule has 1 amide bonds. The molecule has 0 spiro atoms. The van der Waals surface area contributed by atoms with Crippen molar-refractivity contribution in [2.45, 2.75) is 32.6 Å². The highest BCUT2D eigenvalue weighted by molar-refractivity contribution is 8.00. The lowest BCUT2D eigenvalue weighted by Gasteiger charge is -2.14. The summed E-state index contributed by atoms with van der Waals surface area (Å²) in [6.45, 7) is 8.12. The molecule has 0 aliphatic heterocycles. The predicted molar refractivity (Wildman–Crippen MR) is 91.1 cm³/mol. The zero-order chi connectivity index (χ0) is 17.1. The van der Waals surface area contributed by atoms with Gasteiger partial charge in [-0.2, -0.15) is 0 Å². The second kappa shape index (κ2) is 7.13. The van der Waals surface area contributed by atoms with Gasteiger partial charge in [-0.1, -0.05) is 6.07 Å². The zero-order valence-corrected chi connectivity index (χ0v) is 14.4. The van der Waals surface area contributed by atoms with Crippen LogP contribution in [0.15, 0.2) is 29.2 Å². The Morgan fingerprint density at radius 3 is 2.26 bits per heavy atom. The van der Waals surface area contributed by atoms with Crippen molar-refractivity contribution in [3.63, 3.8) is 0 Å². The van der Waals surface area contributed by atoms with Crippen LogP contribution in [0, 0.1) is 39.3 Å². The highest BCUT2D eigenvalue weighted by Crippen LogP contribution is 2.31. The van der Waals surface area contributed by atoms with E-state index in [0.29, 0.717) is 0 Å². The molecule has 0 aliphatic carbocycles. The van der Waals surface area contributed by atoms with E-state index in [0.717, 1.165) is 34.2 Å². The summed E-state index contributed by atoms with van der Waals surface area (Å²) in [6.07, 6.45) is 0. The molecule has 0 unspecified atom stereocenters. The lowest BCUT2D eigenvalue weighted by Crippen LogP contribution is -2.15. The summed E-state index contributed by atoms with van der Waals surface area (Å²) < 4.78 is 26.7. The van der Waals surface area contributed by atoms with Crippen molar-refractivity contribution in [1.82, 2.24) is 0 Å². The molecule has 5 heteroatoms. The fraction of sp³-hybridized carbons (Fsp3) is 0.278. The van der Waals surface area contributed by atoms with Crippen molar-refractivity contribution < 1.29 is 13.6 Å². The molecule has 2 nitrogen and oxygen atoms in total.